The summed E-state index contributed by atoms with van der Waals surface area (Å²) in [5.74, 6) is 2.15. The van der Waals surface area contributed by atoms with E-state index in [-0.39, 0.29) is 23.7 Å². The first-order chi connectivity index (χ1) is 15.9. The number of rotatable bonds is 5. The number of fused-ring (bicyclic) bond motifs is 4. The van der Waals surface area contributed by atoms with Gasteiger partial charge in [0.2, 0.25) is 0 Å². The second kappa shape index (κ2) is 8.90. The van der Waals surface area contributed by atoms with E-state index in [0.717, 1.165) is 60.7 Å². The summed E-state index contributed by atoms with van der Waals surface area (Å²) in [5.41, 5.74) is 2.87. The predicted octanol–water partition coefficient (Wildman–Crippen LogP) is 5.03. The Balaban J connectivity index is 1.34. The number of ether oxygens (including phenoxy) is 3. The molecule has 176 valence electrons. The smallest absolute Gasteiger partial charge is 0.407 e. The molecule has 6 rings (SSSR count). The van der Waals surface area contributed by atoms with Crippen LogP contribution in [-0.2, 0) is 4.74 Å². The molecule has 1 amide bonds. The van der Waals surface area contributed by atoms with Crippen LogP contribution >= 0.6 is 0 Å². The molecular weight excluding hydrogens is 416 g/mol. The van der Waals surface area contributed by atoms with Crippen molar-refractivity contribution >= 4 is 6.09 Å². The van der Waals surface area contributed by atoms with Gasteiger partial charge in [-0.05, 0) is 68.1 Å². The van der Waals surface area contributed by atoms with Crippen molar-refractivity contribution in [3.8, 4) is 22.6 Å². The van der Waals surface area contributed by atoms with Gasteiger partial charge in [-0.3, -0.25) is 4.90 Å². The van der Waals surface area contributed by atoms with Gasteiger partial charge in [0, 0.05) is 17.5 Å². The Labute approximate surface area is 196 Å². The summed E-state index contributed by atoms with van der Waals surface area (Å²) < 4.78 is 17.7. The number of hydrogen-bond acceptors (Lipinski definition) is 5. The number of nitrogens with one attached hydrogen (secondary N) is 1. The van der Waals surface area contributed by atoms with Gasteiger partial charge in [0.25, 0.3) is 0 Å². The van der Waals surface area contributed by atoms with Crippen LogP contribution in [-0.4, -0.2) is 49.9 Å². The molecule has 2 atom stereocenters. The standard InChI is InChI=1S/C27H34N2O4/c1-4-31-21-7-5-6-19(14-21)20-8-9-22-23(15-20)32-17-27(2,3)25(22)28-26(30)33-24-16-29-12-10-18(24)11-13-29/h5-9,14-15,18,24-25H,4,10-13,16-17H2,1-3H3,(H,28,30)/t24-,25?/m1/s1. The highest BCUT2D eigenvalue weighted by molar-refractivity contribution is 5.71. The van der Waals surface area contributed by atoms with Gasteiger partial charge in [-0.2, -0.15) is 0 Å². The van der Waals surface area contributed by atoms with E-state index in [9.17, 15) is 4.79 Å². The Morgan fingerprint density at radius 3 is 2.67 bits per heavy atom. The summed E-state index contributed by atoms with van der Waals surface area (Å²) in [6, 6.07) is 14.1. The molecule has 3 saturated heterocycles. The molecule has 33 heavy (non-hydrogen) atoms. The lowest BCUT2D eigenvalue weighted by atomic mass is 9.78. The van der Waals surface area contributed by atoms with Gasteiger partial charge >= 0.3 is 6.09 Å². The second-order valence-electron chi connectivity index (χ2n) is 10.1. The minimum absolute atomic E-state index is 0.00471. The number of piperidine rings is 3. The summed E-state index contributed by atoms with van der Waals surface area (Å²) >= 11 is 0. The Kier molecular flexibility index (Phi) is 5.95. The highest BCUT2D eigenvalue weighted by Crippen LogP contribution is 2.44. The topological polar surface area (TPSA) is 60.0 Å². The SMILES string of the molecule is CCOc1cccc(-c2ccc3c(c2)OCC(C)(C)C3NC(=O)O[C@@H]2CN3CCC2CC3)c1. The van der Waals surface area contributed by atoms with Crippen molar-refractivity contribution in [1.82, 2.24) is 10.2 Å². The minimum atomic E-state index is -0.326. The zero-order chi connectivity index (χ0) is 23.0. The fraction of sp³-hybridized carbons (Fsp3) is 0.519. The molecule has 4 aliphatic heterocycles. The van der Waals surface area contributed by atoms with E-state index >= 15 is 0 Å². The van der Waals surface area contributed by atoms with Crippen LogP contribution in [0.15, 0.2) is 42.5 Å². The van der Waals surface area contributed by atoms with Crippen molar-refractivity contribution < 1.29 is 19.0 Å². The first-order valence-corrected chi connectivity index (χ1v) is 12.1. The fourth-order valence-corrected chi connectivity index (χ4v) is 5.38. The van der Waals surface area contributed by atoms with Gasteiger partial charge in [-0.25, -0.2) is 4.79 Å². The maximum atomic E-state index is 12.9. The molecule has 1 unspecified atom stereocenters. The Morgan fingerprint density at radius 1 is 1.15 bits per heavy atom. The van der Waals surface area contributed by atoms with Crippen LogP contribution in [0.5, 0.6) is 11.5 Å². The molecule has 0 aliphatic carbocycles. The molecule has 4 aliphatic rings. The van der Waals surface area contributed by atoms with Gasteiger partial charge < -0.3 is 19.5 Å². The average Bonchev–Trinajstić information content (AvgIpc) is 2.82. The van der Waals surface area contributed by atoms with E-state index in [4.69, 9.17) is 14.2 Å². The second-order valence-corrected chi connectivity index (χ2v) is 10.1. The number of carbonyl (C=O) groups excluding carboxylic acids is 1. The third-order valence-corrected chi connectivity index (χ3v) is 7.30. The maximum Gasteiger partial charge on any atom is 0.407 e. The summed E-state index contributed by atoms with van der Waals surface area (Å²) in [6.45, 7) is 10.5. The van der Waals surface area contributed by atoms with Crippen molar-refractivity contribution in [2.24, 2.45) is 11.3 Å². The summed E-state index contributed by atoms with van der Waals surface area (Å²) in [5, 5.41) is 3.18. The van der Waals surface area contributed by atoms with Crippen molar-refractivity contribution in [3.05, 3.63) is 48.0 Å². The van der Waals surface area contributed by atoms with E-state index < -0.39 is 0 Å². The van der Waals surface area contributed by atoms with Crippen LogP contribution in [0.4, 0.5) is 4.79 Å². The number of alkyl carbamates (subject to hydrolysis) is 1. The Bertz CT molecular complexity index is 1010. The number of hydrogen-bond donors (Lipinski definition) is 1. The maximum absolute atomic E-state index is 12.9. The van der Waals surface area contributed by atoms with Crippen LogP contribution in [0.1, 0.15) is 45.2 Å². The molecule has 2 aromatic rings. The summed E-state index contributed by atoms with van der Waals surface area (Å²) in [6.07, 6.45) is 1.91. The zero-order valence-electron chi connectivity index (χ0n) is 19.8. The average molecular weight is 451 g/mol. The monoisotopic (exact) mass is 450 g/mol. The normalized spacial score (nSPS) is 27.2. The van der Waals surface area contributed by atoms with Crippen molar-refractivity contribution in [2.75, 3.05) is 32.8 Å². The number of carbonyl (C=O) groups is 1. The summed E-state index contributed by atoms with van der Waals surface area (Å²) in [7, 11) is 0. The van der Waals surface area contributed by atoms with E-state index in [0.29, 0.717) is 19.1 Å². The van der Waals surface area contributed by atoms with Crippen LogP contribution in [0.25, 0.3) is 11.1 Å². The van der Waals surface area contributed by atoms with Crippen LogP contribution in [0, 0.1) is 11.3 Å². The van der Waals surface area contributed by atoms with Gasteiger partial charge in [-0.1, -0.05) is 38.1 Å². The molecular formula is C27H34N2O4. The lowest BCUT2D eigenvalue weighted by Gasteiger charge is -2.44. The lowest BCUT2D eigenvalue weighted by Crippen LogP contribution is -2.53. The fourth-order valence-electron chi connectivity index (χ4n) is 5.38. The molecule has 4 heterocycles. The molecule has 6 heteroatoms. The molecule has 2 bridgehead atoms. The largest absolute Gasteiger partial charge is 0.494 e. The van der Waals surface area contributed by atoms with Gasteiger partial charge in [0.05, 0.1) is 19.3 Å². The molecule has 6 nitrogen and oxygen atoms in total. The Hall–Kier alpha value is -2.73. The van der Waals surface area contributed by atoms with E-state index in [1.165, 1.54) is 0 Å². The third-order valence-electron chi connectivity index (χ3n) is 7.30. The number of amides is 1. The number of benzene rings is 2. The molecule has 2 aromatic carbocycles. The first kappa shape index (κ1) is 22.1. The van der Waals surface area contributed by atoms with E-state index in [1.54, 1.807) is 0 Å². The minimum Gasteiger partial charge on any atom is -0.494 e. The van der Waals surface area contributed by atoms with Crippen molar-refractivity contribution in [2.45, 2.75) is 45.8 Å². The van der Waals surface area contributed by atoms with Crippen LogP contribution < -0.4 is 14.8 Å². The van der Waals surface area contributed by atoms with Crippen LogP contribution in [0.3, 0.4) is 0 Å². The molecule has 0 saturated carbocycles. The van der Waals surface area contributed by atoms with E-state index in [2.05, 4.69) is 48.3 Å². The van der Waals surface area contributed by atoms with Crippen molar-refractivity contribution in [3.63, 3.8) is 0 Å². The van der Waals surface area contributed by atoms with Crippen LogP contribution in [0.2, 0.25) is 0 Å². The van der Waals surface area contributed by atoms with E-state index in [1.807, 2.05) is 25.1 Å². The van der Waals surface area contributed by atoms with Gasteiger partial charge in [0.15, 0.2) is 0 Å². The molecule has 0 radical (unpaired) electrons. The number of nitrogens with zero attached hydrogens (tertiary/aromatic N) is 1. The van der Waals surface area contributed by atoms with Gasteiger partial charge in [0.1, 0.15) is 17.6 Å². The summed E-state index contributed by atoms with van der Waals surface area (Å²) in [4.78, 5) is 15.3. The van der Waals surface area contributed by atoms with Crippen molar-refractivity contribution in [1.29, 1.82) is 0 Å². The zero-order valence-corrected chi connectivity index (χ0v) is 19.8. The predicted molar refractivity (Wildman–Crippen MR) is 128 cm³/mol. The quantitative estimate of drug-likeness (QED) is 0.692. The lowest BCUT2D eigenvalue weighted by molar-refractivity contribution is -0.0361. The molecule has 1 N–H and O–H groups in total. The first-order valence-electron chi connectivity index (χ1n) is 12.1. The molecule has 3 fully saturated rings. The molecule has 0 spiro atoms. The Morgan fingerprint density at radius 2 is 1.94 bits per heavy atom. The highest BCUT2D eigenvalue weighted by Gasteiger charge is 2.41. The van der Waals surface area contributed by atoms with Gasteiger partial charge in [-0.15, -0.1) is 0 Å². The molecule has 0 aromatic heterocycles. The highest BCUT2D eigenvalue weighted by atomic mass is 16.6. The third kappa shape index (κ3) is 4.54.